The van der Waals surface area contributed by atoms with Crippen molar-refractivity contribution < 1.29 is 29.2 Å². The maximum absolute atomic E-state index is 13.6. The molecule has 3 aromatic heterocycles. The highest BCUT2D eigenvalue weighted by atomic mass is 35.5. The maximum atomic E-state index is 13.6. The van der Waals surface area contributed by atoms with Crippen LogP contribution in [0.1, 0.15) is 23.0 Å². The highest BCUT2D eigenvalue weighted by molar-refractivity contribution is 7.07. The van der Waals surface area contributed by atoms with Gasteiger partial charge in [-0.15, -0.1) is 11.3 Å². The van der Waals surface area contributed by atoms with E-state index < -0.39 is 41.7 Å². The summed E-state index contributed by atoms with van der Waals surface area (Å²) in [6.45, 7) is 0. The van der Waals surface area contributed by atoms with E-state index in [9.17, 15) is 20.3 Å². The van der Waals surface area contributed by atoms with Crippen LogP contribution in [0.4, 0.5) is 5.82 Å². The van der Waals surface area contributed by atoms with Crippen LogP contribution in [0.2, 0.25) is 5.28 Å². The lowest BCUT2D eigenvalue weighted by molar-refractivity contribution is -0.189. The molecule has 6 atom stereocenters. The minimum absolute atomic E-state index is 0.00318. The van der Waals surface area contributed by atoms with Crippen LogP contribution in [0, 0.1) is 11.3 Å². The van der Waals surface area contributed by atoms with Crippen molar-refractivity contribution in [1.82, 2.24) is 24.5 Å². The first-order chi connectivity index (χ1) is 22.2. The van der Waals surface area contributed by atoms with Crippen LogP contribution in [0.25, 0.3) is 22.3 Å². The molecule has 1 aliphatic heterocycles. The number of aliphatic hydroxyl groups excluding tert-OH is 1. The predicted molar refractivity (Wildman–Crippen MR) is 165 cm³/mol. The molecule has 46 heavy (non-hydrogen) atoms. The number of imidazole rings is 1. The summed E-state index contributed by atoms with van der Waals surface area (Å²) in [5, 5.41) is 33.8. The van der Waals surface area contributed by atoms with Crippen molar-refractivity contribution in [2.45, 2.75) is 48.6 Å². The number of aliphatic hydroxyl groups is 2. The number of rotatable bonds is 9. The van der Waals surface area contributed by atoms with Crippen LogP contribution in [0.3, 0.4) is 0 Å². The Bertz CT molecular complexity index is 1980. The third-order valence-corrected chi connectivity index (χ3v) is 9.25. The number of nitrogens with zero attached hydrogens (tertiary/aromatic N) is 6. The molecular weight excluding hydrogens is 634 g/mol. The maximum Gasteiger partial charge on any atom is 0.344 e. The van der Waals surface area contributed by atoms with Gasteiger partial charge < -0.3 is 30.2 Å². The first-order valence-corrected chi connectivity index (χ1v) is 15.4. The molecule has 0 bridgehead atoms. The van der Waals surface area contributed by atoms with Gasteiger partial charge in [0.15, 0.2) is 23.3 Å². The fraction of sp³-hybridized carbons (Fsp3) is 0.290. The van der Waals surface area contributed by atoms with Crippen molar-refractivity contribution in [3.63, 3.8) is 0 Å². The topological polar surface area (TPSA) is 192 Å². The van der Waals surface area contributed by atoms with Crippen LogP contribution >= 0.6 is 22.9 Å². The van der Waals surface area contributed by atoms with Crippen molar-refractivity contribution in [3.8, 4) is 17.2 Å². The number of fused-ring (bicyclic) bond motifs is 2. The second kappa shape index (κ2) is 11.4. The molecule has 2 aliphatic rings. The number of ether oxygens (including phenoxy) is 3. The smallest absolute Gasteiger partial charge is 0.344 e. The lowest BCUT2D eigenvalue weighted by Crippen LogP contribution is -2.46. The number of hydrogen-bond acceptors (Lipinski definition) is 13. The molecule has 5 aromatic rings. The second-order valence-electron chi connectivity index (χ2n) is 11.1. The van der Waals surface area contributed by atoms with Gasteiger partial charge in [-0.3, -0.25) is 4.57 Å². The average Bonchev–Trinajstić information content (AvgIpc) is 3.56. The van der Waals surface area contributed by atoms with Crippen molar-refractivity contribution in [3.05, 3.63) is 87.9 Å². The third-order valence-electron chi connectivity index (χ3n) is 8.50. The zero-order valence-electron chi connectivity index (χ0n) is 24.1. The monoisotopic (exact) mass is 659 g/mol. The van der Waals surface area contributed by atoms with Gasteiger partial charge in [0.1, 0.15) is 23.8 Å². The zero-order chi connectivity index (χ0) is 32.2. The number of anilines is 1. The summed E-state index contributed by atoms with van der Waals surface area (Å²) in [5.74, 6) is -0.680. The fourth-order valence-electron chi connectivity index (χ4n) is 6.11. The molecule has 2 unspecified atom stereocenters. The number of halogens is 1. The minimum atomic E-state index is -1.88. The Labute approximate surface area is 270 Å². The van der Waals surface area contributed by atoms with Crippen molar-refractivity contribution in [2.75, 3.05) is 12.8 Å². The molecule has 0 amide bonds. The van der Waals surface area contributed by atoms with Gasteiger partial charge >= 0.3 is 5.97 Å². The number of esters is 1. The number of carbonyl (C=O) groups excluding carboxylic acids is 1. The summed E-state index contributed by atoms with van der Waals surface area (Å²) in [7, 11) is 1.24. The molecule has 1 saturated carbocycles. The van der Waals surface area contributed by atoms with E-state index in [1.165, 1.54) is 29.3 Å². The highest BCUT2D eigenvalue weighted by Gasteiger charge is 2.79. The van der Waals surface area contributed by atoms with Gasteiger partial charge in [0.2, 0.25) is 10.9 Å². The Morgan fingerprint density at radius 2 is 2.02 bits per heavy atom. The van der Waals surface area contributed by atoms with Gasteiger partial charge in [0.05, 0.1) is 37.1 Å². The number of nitrogens with two attached hydrogens (primary N) is 1. The fourth-order valence-corrected chi connectivity index (χ4v) is 6.90. The van der Waals surface area contributed by atoms with Gasteiger partial charge in [-0.05, 0) is 33.9 Å². The van der Waals surface area contributed by atoms with Crippen molar-refractivity contribution >= 4 is 45.9 Å². The summed E-state index contributed by atoms with van der Waals surface area (Å²) in [5.41, 5.74) is 8.04. The molecule has 234 valence electrons. The number of thiazole rings is 1. The van der Waals surface area contributed by atoms with E-state index in [1.807, 2.05) is 48.5 Å². The van der Waals surface area contributed by atoms with Crippen LogP contribution < -0.4 is 5.73 Å². The Morgan fingerprint density at radius 3 is 2.70 bits per heavy atom. The van der Waals surface area contributed by atoms with Crippen LogP contribution in [0.5, 0.6) is 0 Å². The Balaban J connectivity index is 1.18. The summed E-state index contributed by atoms with van der Waals surface area (Å²) in [6.07, 6.45) is -3.10. The lowest BCUT2D eigenvalue weighted by atomic mass is 9.89. The molecule has 1 aliphatic carbocycles. The van der Waals surface area contributed by atoms with Gasteiger partial charge in [0.25, 0.3) is 0 Å². The van der Waals surface area contributed by atoms with E-state index in [0.717, 1.165) is 22.3 Å². The van der Waals surface area contributed by atoms with E-state index >= 15 is 0 Å². The minimum Gasteiger partial charge on any atom is -0.467 e. The number of benzene rings is 2. The summed E-state index contributed by atoms with van der Waals surface area (Å²) in [4.78, 5) is 30.3. The lowest BCUT2D eigenvalue weighted by Gasteiger charge is -2.32. The summed E-state index contributed by atoms with van der Waals surface area (Å²) < 4.78 is 19.2. The molecule has 0 radical (unpaired) electrons. The normalized spacial score (nSPS) is 24.7. The van der Waals surface area contributed by atoms with Crippen LogP contribution in [-0.2, 0) is 37.4 Å². The van der Waals surface area contributed by atoms with Crippen LogP contribution in [0.15, 0.2) is 65.7 Å². The van der Waals surface area contributed by atoms with E-state index in [1.54, 1.807) is 10.9 Å². The number of aromatic nitrogens is 5. The van der Waals surface area contributed by atoms with Gasteiger partial charge in [-0.25, -0.2) is 14.8 Å². The Hall–Kier alpha value is -4.49. The number of nitrogen functional groups attached to an aromatic ring is 1. The van der Waals surface area contributed by atoms with Crippen molar-refractivity contribution in [1.29, 1.82) is 5.26 Å². The summed E-state index contributed by atoms with van der Waals surface area (Å²) >= 11 is 7.27. The van der Waals surface area contributed by atoms with E-state index in [2.05, 4.69) is 26.0 Å². The molecule has 4 heterocycles. The standard InChI is InChI=1S/C31H26ClN7O6S/c1-43-28(41)30(20-13-46-15-36-20,12-16-6-8-18(9-7-16)19-5-3-2-4-17(19)10-11-33)45-24-23-31(24,42)22(40)27(44-23)39-14-35-21-25(34)37-29(32)38-26(21)39/h2-9,13-15,22-24,27,40,42H,10,12H2,1H3,(H2,34,37,38)/t22-,23+,24?,27+,30?,31-/m0/s1. The molecule has 2 fully saturated rings. The zero-order valence-corrected chi connectivity index (χ0v) is 25.7. The molecular formula is C31H26ClN7O6S. The first-order valence-electron chi connectivity index (χ1n) is 14.1. The van der Waals surface area contributed by atoms with Crippen molar-refractivity contribution in [2.24, 2.45) is 0 Å². The van der Waals surface area contributed by atoms with E-state index in [0.29, 0.717) is 0 Å². The van der Waals surface area contributed by atoms with E-state index in [-0.39, 0.29) is 40.8 Å². The predicted octanol–water partition coefficient (Wildman–Crippen LogP) is 2.95. The number of nitriles is 1. The SMILES string of the molecule is COC(=O)C(Cc1ccc(-c2ccccc2CC#N)cc1)(OC1[C@H]2O[C@@H](n3cnc4c(N)nc(Cl)nc43)[C@H](O)[C@@]12O)c1cscn1. The molecule has 13 nitrogen and oxygen atoms in total. The van der Waals surface area contributed by atoms with Crippen LogP contribution in [-0.4, -0.2) is 71.7 Å². The molecule has 4 N–H and O–H groups in total. The molecule has 0 spiro atoms. The second-order valence-corrected chi connectivity index (χ2v) is 12.1. The first kappa shape index (κ1) is 30.2. The number of hydrogen-bond donors (Lipinski definition) is 3. The summed E-state index contributed by atoms with van der Waals surface area (Å²) in [6, 6.07) is 17.4. The van der Waals surface area contributed by atoms with Gasteiger partial charge in [-0.1, -0.05) is 48.5 Å². The highest BCUT2D eigenvalue weighted by Crippen LogP contribution is 2.57. The quantitative estimate of drug-likeness (QED) is 0.155. The molecule has 1 saturated heterocycles. The Morgan fingerprint density at radius 1 is 1.24 bits per heavy atom. The number of carbonyl (C=O) groups is 1. The third kappa shape index (κ3) is 4.71. The molecule has 2 aromatic carbocycles. The van der Waals surface area contributed by atoms with Gasteiger partial charge in [0, 0.05) is 11.8 Å². The van der Waals surface area contributed by atoms with Gasteiger partial charge in [-0.2, -0.15) is 15.2 Å². The number of methoxy groups -OCH3 is 1. The average molecular weight is 660 g/mol. The molecule has 15 heteroatoms. The largest absolute Gasteiger partial charge is 0.467 e. The Kier molecular flexibility index (Phi) is 7.47. The van der Waals surface area contributed by atoms with E-state index in [4.69, 9.17) is 31.5 Å². The molecule has 7 rings (SSSR count).